The van der Waals surface area contributed by atoms with Gasteiger partial charge in [0.25, 0.3) is 0 Å². The number of hydrogen-bond acceptors (Lipinski definition) is 2. The van der Waals surface area contributed by atoms with Crippen molar-refractivity contribution in [1.29, 1.82) is 0 Å². The van der Waals surface area contributed by atoms with Gasteiger partial charge in [-0.1, -0.05) is 6.07 Å². The number of fused-ring (bicyclic) bond motifs is 1. The monoisotopic (exact) mass is 246 g/mol. The molecule has 1 unspecified atom stereocenters. The van der Waals surface area contributed by atoms with Gasteiger partial charge in [-0.2, -0.15) is 0 Å². The number of carbonyl (C=O) groups excluding carboxylic acids is 1. The number of ether oxygens (including phenoxy) is 1. The standard InChI is InChI=1S/C15H20NO2/c1-11(17)16-9-8-13-5-3-4-12-6-7-14(18-2)10-15(12)13/h4,6-7,10,13H,3,5,8-9H2,1-2H3,(H,16,17). The first kappa shape index (κ1) is 12.9. The van der Waals surface area contributed by atoms with Gasteiger partial charge in [-0.3, -0.25) is 4.79 Å². The zero-order chi connectivity index (χ0) is 13.0. The molecule has 1 aromatic carbocycles. The van der Waals surface area contributed by atoms with E-state index in [1.165, 1.54) is 11.1 Å². The molecule has 0 spiro atoms. The minimum atomic E-state index is 0.0447. The predicted molar refractivity (Wildman–Crippen MR) is 71.7 cm³/mol. The van der Waals surface area contributed by atoms with Crippen molar-refractivity contribution >= 4 is 5.91 Å². The number of amides is 1. The van der Waals surface area contributed by atoms with Crippen molar-refractivity contribution in [1.82, 2.24) is 5.32 Å². The largest absolute Gasteiger partial charge is 0.497 e. The molecule has 1 aliphatic carbocycles. The Bertz CT molecular complexity index is 429. The minimum Gasteiger partial charge on any atom is -0.497 e. The van der Waals surface area contributed by atoms with Gasteiger partial charge in [-0.05, 0) is 54.9 Å². The maximum Gasteiger partial charge on any atom is 0.216 e. The summed E-state index contributed by atoms with van der Waals surface area (Å²) >= 11 is 0. The SMILES string of the molecule is COc1ccc2c(c1)C(CCNC(C)=O)CC[CH]2. The quantitative estimate of drug-likeness (QED) is 0.887. The van der Waals surface area contributed by atoms with Crippen LogP contribution in [-0.2, 0) is 4.79 Å². The van der Waals surface area contributed by atoms with E-state index in [0.29, 0.717) is 5.92 Å². The first-order chi connectivity index (χ1) is 8.70. The Morgan fingerprint density at radius 3 is 3.06 bits per heavy atom. The number of carbonyl (C=O) groups is 1. The number of methoxy groups -OCH3 is 1. The average molecular weight is 246 g/mol. The topological polar surface area (TPSA) is 38.3 Å². The van der Waals surface area contributed by atoms with Crippen molar-refractivity contribution in [2.45, 2.75) is 32.1 Å². The summed E-state index contributed by atoms with van der Waals surface area (Å²) in [6, 6.07) is 6.26. The van der Waals surface area contributed by atoms with Crippen molar-refractivity contribution in [3.05, 3.63) is 35.7 Å². The molecule has 0 fully saturated rings. The number of hydrogen-bond donors (Lipinski definition) is 1. The lowest BCUT2D eigenvalue weighted by molar-refractivity contribution is -0.118. The van der Waals surface area contributed by atoms with Crippen LogP contribution in [-0.4, -0.2) is 19.6 Å². The Morgan fingerprint density at radius 1 is 1.50 bits per heavy atom. The maximum absolute atomic E-state index is 10.9. The van der Waals surface area contributed by atoms with Gasteiger partial charge in [0.15, 0.2) is 0 Å². The van der Waals surface area contributed by atoms with Gasteiger partial charge >= 0.3 is 0 Å². The van der Waals surface area contributed by atoms with Crippen LogP contribution in [0.4, 0.5) is 0 Å². The van der Waals surface area contributed by atoms with Crippen LogP contribution < -0.4 is 10.1 Å². The van der Waals surface area contributed by atoms with Crippen LogP contribution >= 0.6 is 0 Å². The summed E-state index contributed by atoms with van der Waals surface area (Å²) in [5.41, 5.74) is 2.67. The zero-order valence-electron chi connectivity index (χ0n) is 11.0. The van der Waals surface area contributed by atoms with Gasteiger partial charge in [-0.25, -0.2) is 0 Å². The van der Waals surface area contributed by atoms with Crippen LogP contribution in [0.15, 0.2) is 18.2 Å². The van der Waals surface area contributed by atoms with Crippen molar-refractivity contribution < 1.29 is 9.53 Å². The van der Waals surface area contributed by atoms with E-state index in [4.69, 9.17) is 4.74 Å². The van der Waals surface area contributed by atoms with E-state index in [1.54, 1.807) is 14.0 Å². The van der Waals surface area contributed by atoms with Gasteiger partial charge in [0, 0.05) is 13.5 Å². The summed E-state index contributed by atoms with van der Waals surface area (Å²) in [6.45, 7) is 2.31. The molecule has 0 saturated carbocycles. The molecule has 18 heavy (non-hydrogen) atoms. The molecule has 3 heteroatoms. The lowest BCUT2D eigenvalue weighted by Crippen LogP contribution is -2.23. The smallest absolute Gasteiger partial charge is 0.216 e. The molecule has 0 bridgehead atoms. The van der Waals surface area contributed by atoms with Crippen LogP contribution in [0.1, 0.15) is 43.2 Å². The summed E-state index contributed by atoms with van der Waals surface area (Å²) in [5, 5.41) is 2.87. The van der Waals surface area contributed by atoms with Gasteiger partial charge in [0.1, 0.15) is 5.75 Å². The van der Waals surface area contributed by atoms with Gasteiger partial charge < -0.3 is 10.1 Å². The maximum atomic E-state index is 10.9. The molecule has 1 N–H and O–H groups in total. The van der Waals surface area contributed by atoms with Gasteiger partial charge in [0.2, 0.25) is 5.91 Å². The molecule has 1 radical (unpaired) electrons. The van der Waals surface area contributed by atoms with Crippen LogP contribution in [0.3, 0.4) is 0 Å². The van der Waals surface area contributed by atoms with E-state index in [1.807, 2.05) is 6.07 Å². The molecule has 1 amide bonds. The molecule has 0 aliphatic heterocycles. The second kappa shape index (κ2) is 5.89. The molecule has 2 rings (SSSR count). The van der Waals surface area contributed by atoms with E-state index < -0.39 is 0 Å². The molecule has 1 aromatic rings. The van der Waals surface area contributed by atoms with Crippen molar-refractivity contribution in [3.63, 3.8) is 0 Å². The zero-order valence-corrected chi connectivity index (χ0v) is 11.0. The summed E-state index contributed by atoms with van der Waals surface area (Å²) in [6.07, 6.45) is 5.54. The number of benzene rings is 1. The molecule has 3 nitrogen and oxygen atoms in total. The number of nitrogens with one attached hydrogen (secondary N) is 1. The highest BCUT2D eigenvalue weighted by molar-refractivity contribution is 5.72. The lowest BCUT2D eigenvalue weighted by Gasteiger charge is -2.25. The highest BCUT2D eigenvalue weighted by Gasteiger charge is 2.20. The van der Waals surface area contributed by atoms with E-state index in [0.717, 1.165) is 31.6 Å². The first-order valence-corrected chi connectivity index (χ1v) is 6.46. The third-order valence-corrected chi connectivity index (χ3v) is 3.48. The van der Waals surface area contributed by atoms with Crippen LogP contribution in [0, 0.1) is 6.42 Å². The van der Waals surface area contributed by atoms with E-state index in [9.17, 15) is 4.79 Å². The Balaban J connectivity index is 2.08. The second-order valence-electron chi connectivity index (χ2n) is 4.74. The Kier molecular flexibility index (Phi) is 4.24. The van der Waals surface area contributed by atoms with Gasteiger partial charge in [-0.15, -0.1) is 0 Å². The highest BCUT2D eigenvalue weighted by Crippen LogP contribution is 2.36. The molecule has 0 aromatic heterocycles. The Labute approximate surface area is 109 Å². The average Bonchev–Trinajstić information content (AvgIpc) is 2.38. The number of rotatable bonds is 4. The molecule has 0 heterocycles. The van der Waals surface area contributed by atoms with E-state index in [2.05, 4.69) is 23.9 Å². The third kappa shape index (κ3) is 3.03. The Hall–Kier alpha value is -1.51. The van der Waals surface area contributed by atoms with E-state index in [-0.39, 0.29) is 5.91 Å². The summed E-state index contributed by atoms with van der Waals surface area (Å²) in [5.74, 6) is 1.48. The molecule has 97 valence electrons. The Morgan fingerprint density at radius 2 is 2.33 bits per heavy atom. The fourth-order valence-electron chi connectivity index (χ4n) is 2.54. The van der Waals surface area contributed by atoms with Crippen LogP contribution in [0.2, 0.25) is 0 Å². The molecular weight excluding hydrogens is 226 g/mol. The third-order valence-electron chi connectivity index (χ3n) is 3.48. The van der Waals surface area contributed by atoms with Crippen LogP contribution in [0.5, 0.6) is 5.75 Å². The molecule has 1 atom stereocenters. The summed E-state index contributed by atoms with van der Waals surface area (Å²) < 4.78 is 5.29. The summed E-state index contributed by atoms with van der Waals surface area (Å²) in [7, 11) is 1.70. The summed E-state index contributed by atoms with van der Waals surface area (Å²) in [4.78, 5) is 10.9. The highest BCUT2D eigenvalue weighted by atomic mass is 16.5. The lowest BCUT2D eigenvalue weighted by atomic mass is 9.81. The van der Waals surface area contributed by atoms with E-state index >= 15 is 0 Å². The molecular formula is C15H20NO2. The predicted octanol–water partition coefficient (Wildman–Crippen LogP) is 2.65. The fourth-order valence-corrected chi connectivity index (χ4v) is 2.54. The second-order valence-corrected chi connectivity index (χ2v) is 4.74. The van der Waals surface area contributed by atoms with Crippen molar-refractivity contribution in [2.24, 2.45) is 0 Å². The van der Waals surface area contributed by atoms with Crippen molar-refractivity contribution in [2.75, 3.05) is 13.7 Å². The van der Waals surface area contributed by atoms with Crippen LogP contribution in [0.25, 0.3) is 0 Å². The minimum absolute atomic E-state index is 0.0447. The first-order valence-electron chi connectivity index (χ1n) is 6.46. The van der Waals surface area contributed by atoms with Crippen molar-refractivity contribution in [3.8, 4) is 5.75 Å². The molecule has 0 saturated heterocycles. The normalized spacial score (nSPS) is 18.0. The van der Waals surface area contributed by atoms with Gasteiger partial charge in [0.05, 0.1) is 7.11 Å². The fraction of sp³-hybridized carbons (Fsp3) is 0.467. The molecule has 1 aliphatic rings.